The van der Waals surface area contributed by atoms with E-state index >= 15 is 0 Å². The van der Waals surface area contributed by atoms with E-state index in [-0.39, 0.29) is 0 Å². The van der Waals surface area contributed by atoms with Crippen molar-refractivity contribution in [2.24, 2.45) is 0 Å². The quantitative estimate of drug-likeness (QED) is 0.340. The van der Waals surface area contributed by atoms with Crippen LogP contribution < -0.4 is 0 Å². The second-order valence-corrected chi connectivity index (χ2v) is 6.55. The summed E-state index contributed by atoms with van der Waals surface area (Å²) in [6.45, 7) is 0.649. The van der Waals surface area contributed by atoms with E-state index in [0.717, 1.165) is 45.9 Å². The monoisotopic (exact) mass is 365 g/mol. The van der Waals surface area contributed by atoms with Gasteiger partial charge in [-0.25, -0.2) is 0 Å². The molecule has 136 valence electrons. The molecule has 0 unspecified atom stereocenters. The van der Waals surface area contributed by atoms with Gasteiger partial charge in [0.15, 0.2) is 6.29 Å². The van der Waals surface area contributed by atoms with Crippen molar-refractivity contribution < 1.29 is 9.59 Å². The molecule has 4 rings (SSSR count). The van der Waals surface area contributed by atoms with Crippen LogP contribution in [0.25, 0.3) is 28.2 Å². The summed E-state index contributed by atoms with van der Waals surface area (Å²) in [5, 5.41) is 0.866. The van der Waals surface area contributed by atoms with Crippen LogP contribution in [0.4, 0.5) is 0 Å². The molecule has 3 nitrogen and oxygen atoms in total. The third-order valence-electron chi connectivity index (χ3n) is 4.86. The largest absolute Gasteiger partial charge is 0.335 e. The number of fused-ring (bicyclic) bond motifs is 1. The van der Waals surface area contributed by atoms with E-state index in [1.54, 1.807) is 6.08 Å². The Morgan fingerprint density at radius 1 is 0.786 bits per heavy atom. The minimum atomic E-state index is 0.642. The van der Waals surface area contributed by atoms with E-state index in [0.29, 0.717) is 12.1 Å². The molecule has 0 bridgehead atoms. The van der Waals surface area contributed by atoms with Gasteiger partial charge in [-0.3, -0.25) is 9.59 Å². The van der Waals surface area contributed by atoms with Crippen LogP contribution in [0.15, 0.2) is 84.9 Å². The van der Waals surface area contributed by atoms with E-state index in [4.69, 9.17) is 0 Å². The van der Waals surface area contributed by atoms with Gasteiger partial charge in [0, 0.05) is 17.5 Å². The molecular weight excluding hydrogens is 346 g/mol. The highest BCUT2D eigenvalue weighted by atomic mass is 16.1. The summed E-state index contributed by atoms with van der Waals surface area (Å²) in [5.41, 5.74) is 5.50. The first-order valence-electron chi connectivity index (χ1n) is 9.15. The van der Waals surface area contributed by atoms with Gasteiger partial charge in [0.25, 0.3) is 0 Å². The number of allylic oxidation sites excluding steroid dienone is 1. The summed E-state index contributed by atoms with van der Waals surface area (Å²) in [6, 6.07) is 26.0. The van der Waals surface area contributed by atoms with Crippen LogP contribution in [0.5, 0.6) is 0 Å². The average molecular weight is 365 g/mol. The highest BCUT2D eigenvalue weighted by Gasteiger charge is 2.20. The molecular formula is C25H19NO2. The molecule has 0 saturated heterocycles. The van der Waals surface area contributed by atoms with E-state index in [2.05, 4.69) is 16.7 Å². The molecule has 3 aromatic carbocycles. The third kappa shape index (κ3) is 3.19. The fourth-order valence-corrected chi connectivity index (χ4v) is 3.69. The highest BCUT2D eigenvalue weighted by molar-refractivity contribution is 6.08. The fourth-order valence-electron chi connectivity index (χ4n) is 3.69. The van der Waals surface area contributed by atoms with Crippen LogP contribution >= 0.6 is 0 Å². The molecule has 0 amide bonds. The van der Waals surface area contributed by atoms with Crippen molar-refractivity contribution in [2.75, 3.05) is 0 Å². The van der Waals surface area contributed by atoms with Crippen LogP contribution in [0.3, 0.4) is 0 Å². The maximum atomic E-state index is 12.2. The van der Waals surface area contributed by atoms with Gasteiger partial charge in [0.2, 0.25) is 0 Å². The zero-order valence-electron chi connectivity index (χ0n) is 15.3. The Bertz CT molecular complexity index is 1160. The van der Waals surface area contributed by atoms with Crippen molar-refractivity contribution in [3.63, 3.8) is 0 Å². The molecule has 28 heavy (non-hydrogen) atoms. The molecule has 4 aromatic rings. The molecule has 0 atom stereocenters. The minimum absolute atomic E-state index is 0.642. The lowest BCUT2D eigenvalue weighted by Crippen LogP contribution is -2.02. The number of carbonyl (C=O) groups is 2. The molecule has 3 heteroatoms. The summed E-state index contributed by atoms with van der Waals surface area (Å²) in [4.78, 5) is 23.0. The van der Waals surface area contributed by atoms with E-state index in [9.17, 15) is 9.59 Å². The number of aldehydes is 2. The van der Waals surface area contributed by atoms with Crippen LogP contribution in [-0.4, -0.2) is 17.1 Å². The first-order valence-corrected chi connectivity index (χ1v) is 9.15. The lowest BCUT2D eigenvalue weighted by atomic mass is 10.0. The summed E-state index contributed by atoms with van der Waals surface area (Å²) >= 11 is 0. The Morgan fingerprint density at radius 3 is 2.18 bits per heavy atom. The average Bonchev–Trinajstić information content (AvgIpc) is 3.07. The summed E-state index contributed by atoms with van der Waals surface area (Å²) in [7, 11) is 0. The molecule has 0 fully saturated rings. The Kier molecular flexibility index (Phi) is 4.98. The van der Waals surface area contributed by atoms with Crippen molar-refractivity contribution in [1.29, 1.82) is 0 Å². The first kappa shape index (κ1) is 17.7. The van der Waals surface area contributed by atoms with Crippen LogP contribution in [0.1, 0.15) is 21.5 Å². The van der Waals surface area contributed by atoms with Gasteiger partial charge >= 0.3 is 0 Å². The van der Waals surface area contributed by atoms with E-state index in [1.165, 1.54) is 6.08 Å². The maximum absolute atomic E-state index is 12.2. The van der Waals surface area contributed by atoms with Crippen LogP contribution in [0, 0.1) is 0 Å². The number of benzene rings is 3. The number of carbonyl (C=O) groups excluding carboxylic acids is 2. The molecule has 1 heterocycles. The standard InChI is InChI=1S/C25H19NO2/c27-16-8-14-20-13-7-15-23-24(20)22(18-28)25(21-11-5-2-6-12-21)26(23)17-19-9-3-1-4-10-19/h1-16,18H,17H2/b14-8+. The lowest BCUT2D eigenvalue weighted by Gasteiger charge is -2.12. The Labute approximate surface area is 163 Å². The Morgan fingerprint density at radius 2 is 1.50 bits per heavy atom. The molecule has 0 N–H and O–H groups in total. The van der Waals surface area contributed by atoms with Gasteiger partial charge in [-0.1, -0.05) is 78.9 Å². The lowest BCUT2D eigenvalue weighted by molar-refractivity contribution is -0.104. The summed E-state index contributed by atoms with van der Waals surface area (Å²) in [6.07, 6.45) is 4.88. The van der Waals surface area contributed by atoms with Crippen molar-refractivity contribution in [2.45, 2.75) is 6.54 Å². The molecule has 0 aliphatic rings. The highest BCUT2D eigenvalue weighted by Crippen LogP contribution is 2.35. The normalized spacial score (nSPS) is 11.1. The number of rotatable bonds is 6. The van der Waals surface area contributed by atoms with Gasteiger partial charge < -0.3 is 4.57 Å². The first-order chi connectivity index (χ1) is 13.8. The number of hydrogen-bond donors (Lipinski definition) is 0. The predicted octanol–water partition coefficient (Wildman–Crippen LogP) is 5.38. The zero-order chi connectivity index (χ0) is 19.3. The molecule has 0 aliphatic heterocycles. The van der Waals surface area contributed by atoms with Gasteiger partial charge in [0.1, 0.15) is 6.29 Å². The smallest absolute Gasteiger partial charge is 0.152 e. The maximum Gasteiger partial charge on any atom is 0.152 e. The Balaban J connectivity index is 2.06. The summed E-state index contributed by atoms with van der Waals surface area (Å²) in [5.74, 6) is 0. The van der Waals surface area contributed by atoms with Gasteiger partial charge in [-0.15, -0.1) is 0 Å². The van der Waals surface area contributed by atoms with Crippen molar-refractivity contribution >= 4 is 29.6 Å². The molecule has 1 aromatic heterocycles. The van der Waals surface area contributed by atoms with Crippen molar-refractivity contribution in [1.82, 2.24) is 4.57 Å². The summed E-state index contributed by atoms with van der Waals surface area (Å²) < 4.78 is 2.18. The fraction of sp³-hybridized carbons (Fsp3) is 0.0400. The van der Waals surface area contributed by atoms with Crippen molar-refractivity contribution in [3.05, 3.63) is 102 Å². The minimum Gasteiger partial charge on any atom is -0.335 e. The van der Waals surface area contributed by atoms with E-state index < -0.39 is 0 Å². The number of nitrogens with zero attached hydrogens (tertiary/aromatic N) is 1. The van der Waals surface area contributed by atoms with Gasteiger partial charge in [-0.2, -0.15) is 0 Å². The molecule has 0 saturated carbocycles. The second kappa shape index (κ2) is 7.89. The van der Waals surface area contributed by atoms with Crippen LogP contribution in [0.2, 0.25) is 0 Å². The van der Waals surface area contributed by atoms with E-state index in [1.807, 2.05) is 66.7 Å². The molecule has 0 radical (unpaired) electrons. The SMILES string of the molecule is O=C/C=C/c1cccc2c1c(C=O)c(-c1ccccc1)n2Cc1ccccc1. The third-order valence-corrected chi connectivity index (χ3v) is 4.86. The molecule has 0 spiro atoms. The van der Waals surface area contributed by atoms with Crippen molar-refractivity contribution in [3.8, 4) is 11.3 Å². The van der Waals surface area contributed by atoms with Gasteiger partial charge in [-0.05, 0) is 28.8 Å². The topological polar surface area (TPSA) is 39.1 Å². The molecule has 0 aliphatic carbocycles. The zero-order valence-corrected chi connectivity index (χ0v) is 15.3. The second-order valence-electron chi connectivity index (χ2n) is 6.55. The number of aromatic nitrogens is 1. The van der Waals surface area contributed by atoms with Gasteiger partial charge in [0.05, 0.1) is 11.2 Å². The number of hydrogen-bond acceptors (Lipinski definition) is 2. The Hall–Kier alpha value is -3.72. The van der Waals surface area contributed by atoms with Crippen LogP contribution in [-0.2, 0) is 11.3 Å². The predicted molar refractivity (Wildman–Crippen MR) is 113 cm³/mol.